The lowest BCUT2D eigenvalue weighted by molar-refractivity contribution is -0.117. The fourth-order valence-corrected chi connectivity index (χ4v) is 5.64. The first-order valence-electron chi connectivity index (χ1n) is 10.3. The van der Waals surface area contributed by atoms with Crippen LogP contribution in [0, 0.1) is 27.7 Å². The van der Waals surface area contributed by atoms with E-state index in [0.717, 1.165) is 16.7 Å². The molecular formula is C25H27ClN2O3S. The summed E-state index contributed by atoms with van der Waals surface area (Å²) >= 11 is 6.08. The molecule has 0 bridgehead atoms. The topological polar surface area (TPSA) is 75.3 Å². The Bertz CT molecular complexity index is 1220. The smallest absolute Gasteiger partial charge is 0.242 e. The predicted octanol–water partition coefficient (Wildman–Crippen LogP) is 5.10. The van der Waals surface area contributed by atoms with Gasteiger partial charge in [-0.15, -0.1) is 0 Å². The molecule has 0 heterocycles. The van der Waals surface area contributed by atoms with Crippen molar-refractivity contribution in [2.75, 3.05) is 5.32 Å². The molecule has 0 saturated heterocycles. The highest BCUT2D eigenvalue weighted by Crippen LogP contribution is 2.24. The van der Waals surface area contributed by atoms with Crippen molar-refractivity contribution >= 4 is 33.2 Å². The van der Waals surface area contributed by atoms with Crippen molar-refractivity contribution in [2.45, 2.75) is 45.1 Å². The van der Waals surface area contributed by atoms with E-state index < -0.39 is 22.0 Å². The monoisotopic (exact) mass is 470 g/mol. The molecule has 1 amide bonds. The van der Waals surface area contributed by atoms with Gasteiger partial charge in [-0.2, -0.15) is 4.72 Å². The fourth-order valence-electron chi connectivity index (χ4n) is 3.82. The van der Waals surface area contributed by atoms with Crippen molar-refractivity contribution in [1.82, 2.24) is 4.72 Å². The van der Waals surface area contributed by atoms with E-state index in [0.29, 0.717) is 21.8 Å². The molecule has 0 saturated carbocycles. The minimum atomic E-state index is -3.95. The molecule has 0 aromatic heterocycles. The van der Waals surface area contributed by atoms with Crippen LogP contribution in [0.4, 0.5) is 5.69 Å². The number of hydrogen-bond donors (Lipinski definition) is 2. The lowest BCUT2D eigenvalue weighted by Crippen LogP contribution is -2.45. The molecule has 0 aliphatic carbocycles. The number of carbonyl (C=O) groups excluding carboxylic acids is 1. The van der Waals surface area contributed by atoms with Crippen molar-refractivity contribution in [3.63, 3.8) is 0 Å². The molecule has 2 N–H and O–H groups in total. The highest BCUT2D eigenvalue weighted by Gasteiger charge is 2.28. The summed E-state index contributed by atoms with van der Waals surface area (Å²) in [6.07, 6.45) is 0.204. The number of hydrogen-bond acceptors (Lipinski definition) is 3. The maximum atomic E-state index is 13.4. The van der Waals surface area contributed by atoms with E-state index in [9.17, 15) is 13.2 Å². The number of anilines is 1. The number of carbonyl (C=O) groups is 1. The van der Waals surface area contributed by atoms with Crippen LogP contribution in [0.2, 0.25) is 5.02 Å². The van der Waals surface area contributed by atoms with Crippen molar-refractivity contribution in [3.8, 4) is 0 Å². The van der Waals surface area contributed by atoms with Crippen LogP contribution >= 0.6 is 11.6 Å². The minimum absolute atomic E-state index is 0.202. The van der Waals surface area contributed by atoms with E-state index in [-0.39, 0.29) is 11.3 Å². The fraction of sp³-hybridized carbons (Fsp3) is 0.240. The maximum Gasteiger partial charge on any atom is 0.242 e. The summed E-state index contributed by atoms with van der Waals surface area (Å²) in [4.78, 5) is 13.4. The number of amides is 1. The average Bonchev–Trinajstić information content (AvgIpc) is 2.69. The van der Waals surface area contributed by atoms with Crippen LogP contribution in [0.1, 0.15) is 27.8 Å². The molecule has 3 rings (SSSR count). The molecule has 5 nitrogen and oxygen atoms in total. The number of sulfonamides is 1. The van der Waals surface area contributed by atoms with Crippen LogP contribution in [-0.4, -0.2) is 20.4 Å². The van der Waals surface area contributed by atoms with Gasteiger partial charge in [0.15, 0.2) is 0 Å². The Labute approximate surface area is 194 Å². The maximum absolute atomic E-state index is 13.4. The predicted molar refractivity (Wildman–Crippen MR) is 130 cm³/mol. The molecular weight excluding hydrogens is 444 g/mol. The zero-order valence-corrected chi connectivity index (χ0v) is 20.1. The minimum Gasteiger partial charge on any atom is -0.324 e. The second kappa shape index (κ2) is 9.86. The van der Waals surface area contributed by atoms with Crippen molar-refractivity contribution in [1.29, 1.82) is 0 Å². The number of aryl methyl sites for hydroxylation is 4. The van der Waals surface area contributed by atoms with E-state index in [1.54, 1.807) is 32.0 Å². The third kappa shape index (κ3) is 5.76. The normalized spacial score (nSPS) is 12.4. The van der Waals surface area contributed by atoms with E-state index in [1.807, 2.05) is 56.3 Å². The van der Waals surface area contributed by atoms with Gasteiger partial charge in [0.2, 0.25) is 15.9 Å². The number of halogens is 1. The van der Waals surface area contributed by atoms with Crippen molar-refractivity contribution in [3.05, 3.63) is 93.5 Å². The molecule has 0 aliphatic rings. The molecule has 1 unspecified atom stereocenters. The molecule has 168 valence electrons. The number of rotatable bonds is 7. The van der Waals surface area contributed by atoms with Gasteiger partial charge in [0, 0.05) is 10.7 Å². The quantitative estimate of drug-likeness (QED) is 0.504. The summed E-state index contributed by atoms with van der Waals surface area (Å²) in [5.41, 5.74) is 4.47. The zero-order chi connectivity index (χ0) is 23.5. The average molecular weight is 471 g/mol. The van der Waals surface area contributed by atoms with Gasteiger partial charge in [0.05, 0.1) is 4.90 Å². The van der Waals surface area contributed by atoms with Crippen molar-refractivity contribution < 1.29 is 13.2 Å². The van der Waals surface area contributed by atoms with Crippen LogP contribution in [-0.2, 0) is 21.2 Å². The van der Waals surface area contributed by atoms with E-state index in [1.165, 1.54) is 0 Å². The Morgan fingerprint density at radius 3 is 2.16 bits per heavy atom. The summed E-state index contributed by atoms with van der Waals surface area (Å²) < 4.78 is 29.3. The summed E-state index contributed by atoms with van der Waals surface area (Å²) in [6.45, 7) is 7.29. The molecule has 3 aromatic rings. The van der Waals surface area contributed by atoms with Crippen LogP contribution in [0.3, 0.4) is 0 Å². The summed E-state index contributed by atoms with van der Waals surface area (Å²) in [5, 5.41) is 3.32. The lowest BCUT2D eigenvalue weighted by Gasteiger charge is -2.21. The number of nitrogens with one attached hydrogen (secondary N) is 2. The van der Waals surface area contributed by atoms with Crippen LogP contribution < -0.4 is 10.0 Å². The van der Waals surface area contributed by atoms with Crippen LogP contribution in [0.15, 0.2) is 65.6 Å². The summed E-state index contributed by atoms with van der Waals surface area (Å²) in [5.74, 6) is -0.454. The van der Waals surface area contributed by atoms with Crippen LogP contribution in [0.25, 0.3) is 0 Å². The Balaban J connectivity index is 1.96. The molecule has 0 aliphatic heterocycles. The van der Waals surface area contributed by atoms with Gasteiger partial charge in [0.25, 0.3) is 0 Å². The molecule has 32 heavy (non-hydrogen) atoms. The first kappa shape index (κ1) is 24.0. The molecule has 0 fully saturated rings. The van der Waals surface area contributed by atoms with Crippen molar-refractivity contribution in [2.24, 2.45) is 0 Å². The van der Waals surface area contributed by atoms with Gasteiger partial charge >= 0.3 is 0 Å². The summed E-state index contributed by atoms with van der Waals surface area (Å²) in [6, 6.07) is 17.1. The first-order chi connectivity index (χ1) is 15.1. The van der Waals surface area contributed by atoms with E-state index in [4.69, 9.17) is 11.6 Å². The van der Waals surface area contributed by atoms with E-state index >= 15 is 0 Å². The third-order valence-electron chi connectivity index (χ3n) is 5.23. The zero-order valence-electron chi connectivity index (χ0n) is 18.6. The largest absolute Gasteiger partial charge is 0.324 e. The Morgan fingerprint density at radius 1 is 0.906 bits per heavy atom. The van der Waals surface area contributed by atoms with Gasteiger partial charge in [-0.1, -0.05) is 65.7 Å². The van der Waals surface area contributed by atoms with Gasteiger partial charge in [0.1, 0.15) is 6.04 Å². The third-order valence-corrected chi connectivity index (χ3v) is 7.24. The summed E-state index contributed by atoms with van der Waals surface area (Å²) in [7, 11) is -3.95. The van der Waals surface area contributed by atoms with E-state index in [2.05, 4.69) is 10.0 Å². The SMILES string of the molecule is Cc1cc(C)c(S(=O)(=O)NC(Cc2ccccc2)C(=O)Nc2cc(Cl)ccc2C)c(C)c1. The molecule has 0 radical (unpaired) electrons. The van der Waals surface area contributed by atoms with Gasteiger partial charge in [-0.25, -0.2) is 8.42 Å². The highest BCUT2D eigenvalue weighted by molar-refractivity contribution is 7.89. The second-order valence-electron chi connectivity index (χ2n) is 8.04. The Morgan fingerprint density at radius 2 is 1.53 bits per heavy atom. The standard InChI is InChI=1S/C25H27ClN2O3S/c1-16-12-18(3)24(19(4)13-16)32(30,31)28-23(14-20-8-6-5-7-9-20)25(29)27-22-15-21(26)11-10-17(22)2/h5-13,15,23,28H,14H2,1-4H3,(H,27,29). The van der Waals surface area contributed by atoms with Crippen LogP contribution in [0.5, 0.6) is 0 Å². The first-order valence-corrected chi connectivity index (χ1v) is 12.1. The highest BCUT2D eigenvalue weighted by atomic mass is 35.5. The molecule has 0 spiro atoms. The number of benzene rings is 3. The van der Waals surface area contributed by atoms with Gasteiger partial charge in [-0.05, 0) is 68.5 Å². The van der Waals surface area contributed by atoms with Gasteiger partial charge in [-0.3, -0.25) is 4.79 Å². The molecule has 1 atom stereocenters. The Kier molecular flexibility index (Phi) is 7.39. The lowest BCUT2D eigenvalue weighted by atomic mass is 10.1. The molecule has 3 aromatic carbocycles. The molecule has 7 heteroatoms. The van der Waals surface area contributed by atoms with Gasteiger partial charge < -0.3 is 5.32 Å². The Hall–Kier alpha value is -2.67. The second-order valence-corrected chi connectivity index (χ2v) is 10.1.